The summed E-state index contributed by atoms with van der Waals surface area (Å²) in [6.07, 6.45) is 5.75. The smallest absolute Gasteiger partial charge is 0.258 e. The van der Waals surface area contributed by atoms with Crippen molar-refractivity contribution in [2.24, 2.45) is 0 Å². The van der Waals surface area contributed by atoms with Gasteiger partial charge in [0, 0.05) is 22.7 Å². The van der Waals surface area contributed by atoms with E-state index in [9.17, 15) is 4.79 Å². The number of carbonyl (C=O) groups excluding carboxylic acids is 1. The van der Waals surface area contributed by atoms with Crippen LogP contribution in [-0.4, -0.2) is 28.9 Å². The van der Waals surface area contributed by atoms with Gasteiger partial charge in [0.15, 0.2) is 6.61 Å². The van der Waals surface area contributed by atoms with Crippen LogP contribution < -0.4 is 10.1 Å². The van der Waals surface area contributed by atoms with Crippen LogP contribution in [0.4, 0.5) is 0 Å². The molecule has 4 rings (SSSR count). The number of hydrogen-bond donors (Lipinski definition) is 1. The van der Waals surface area contributed by atoms with Gasteiger partial charge < -0.3 is 14.8 Å². The number of ether oxygens (including phenoxy) is 2. The summed E-state index contributed by atoms with van der Waals surface area (Å²) in [5.41, 5.74) is 3.28. The van der Waals surface area contributed by atoms with Crippen LogP contribution in [0.5, 0.6) is 5.75 Å². The summed E-state index contributed by atoms with van der Waals surface area (Å²) >= 11 is 11.9. The molecule has 0 radical (unpaired) electrons. The van der Waals surface area contributed by atoms with Gasteiger partial charge in [-0.1, -0.05) is 36.0 Å². The molecule has 1 aliphatic carbocycles. The molecule has 6 nitrogen and oxygen atoms in total. The molecule has 0 spiro atoms. The highest BCUT2D eigenvalue weighted by atomic mass is 35.5. The zero-order chi connectivity index (χ0) is 19.5. The maximum atomic E-state index is 12.2. The Hall–Kier alpha value is -1.76. The van der Waals surface area contributed by atoms with E-state index in [1.165, 1.54) is 31.4 Å². The predicted octanol–water partition coefficient (Wildman–Crippen LogP) is 4.07. The van der Waals surface area contributed by atoms with Crippen molar-refractivity contribution in [3.63, 3.8) is 0 Å². The van der Waals surface area contributed by atoms with Gasteiger partial charge >= 0.3 is 0 Å². The second-order valence-corrected chi connectivity index (χ2v) is 8.04. The Labute approximate surface area is 174 Å². The zero-order valence-electron chi connectivity index (χ0n) is 15.5. The second-order valence-electron chi connectivity index (χ2n) is 7.20. The Balaban J connectivity index is 1.38. The van der Waals surface area contributed by atoms with Crippen LogP contribution >= 0.6 is 23.2 Å². The van der Waals surface area contributed by atoms with Gasteiger partial charge in [-0.2, -0.15) is 5.10 Å². The zero-order valence-corrected chi connectivity index (χ0v) is 17.1. The van der Waals surface area contributed by atoms with Crippen LogP contribution in [0.1, 0.15) is 48.7 Å². The monoisotopic (exact) mass is 423 g/mol. The Bertz CT molecular complexity index is 863. The number of hydrogen-bond acceptors (Lipinski definition) is 4. The van der Waals surface area contributed by atoms with Crippen molar-refractivity contribution < 1.29 is 14.3 Å². The number of aromatic nitrogens is 2. The molecule has 2 heterocycles. The molecule has 8 heteroatoms. The highest BCUT2D eigenvalue weighted by molar-refractivity contribution is 6.35. The van der Waals surface area contributed by atoms with Crippen molar-refractivity contribution in [1.29, 1.82) is 0 Å². The van der Waals surface area contributed by atoms with Gasteiger partial charge in [-0.3, -0.25) is 9.48 Å². The van der Waals surface area contributed by atoms with Gasteiger partial charge in [0.1, 0.15) is 5.75 Å². The van der Waals surface area contributed by atoms with E-state index >= 15 is 0 Å². The van der Waals surface area contributed by atoms with E-state index in [4.69, 9.17) is 37.8 Å². The van der Waals surface area contributed by atoms with Crippen LogP contribution in [0.15, 0.2) is 18.2 Å². The van der Waals surface area contributed by atoms with E-state index in [-0.39, 0.29) is 12.5 Å². The van der Waals surface area contributed by atoms with Crippen LogP contribution in [0.3, 0.4) is 0 Å². The van der Waals surface area contributed by atoms with Gasteiger partial charge in [-0.05, 0) is 31.0 Å². The van der Waals surface area contributed by atoms with Crippen molar-refractivity contribution in [3.05, 3.63) is 45.2 Å². The van der Waals surface area contributed by atoms with Crippen molar-refractivity contribution in [1.82, 2.24) is 15.1 Å². The molecule has 150 valence electrons. The molecule has 1 saturated carbocycles. The van der Waals surface area contributed by atoms with Gasteiger partial charge in [0.2, 0.25) is 0 Å². The molecule has 1 amide bonds. The summed E-state index contributed by atoms with van der Waals surface area (Å²) in [6, 6.07) is 5.38. The summed E-state index contributed by atoms with van der Waals surface area (Å²) in [5.74, 6) is 0.199. The topological polar surface area (TPSA) is 65.4 Å². The van der Waals surface area contributed by atoms with Crippen LogP contribution in [0, 0.1) is 0 Å². The van der Waals surface area contributed by atoms with Gasteiger partial charge in [0.25, 0.3) is 5.91 Å². The van der Waals surface area contributed by atoms with Gasteiger partial charge in [0.05, 0.1) is 36.5 Å². The molecule has 1 N–H and O–H groups in total. The van der Waals surface area contributed by atoms with Gasteiger partial charge in [-0.25, -0.2) is 0 Å². The second kappa shape index (κ2) is 8.72. The fourth-order valence-corrected chi connectivity index (χ4v) is 4.36. The summed E-state index contributed by atoms with van der Waals surface area (Å²) in [5, 5.41) is 8.62. The van der Waals surface area contributed by atoms with Crippen molar-refractivity contribution in [2.75, 3.05) is 13.2 Å². The minimum absolute atomic E-state index is 0.122. The molecule has 0 atom stereocenters. The number of carbonyl (C=O) groups is 1. The summed E-state index contributed by atoms with van der Waals surface area (Å²) in [4.78, 5) is 12.2. The van der Waals surface area contributed by atoms with Gasteiger partial charge in [-0.15, -0.1) is 0 Å². The molecule has 2 aromatic rings. The molecule has 0 saturated heterocycles. The van der Waals surface area contributed by atoms with Crippen LogP contribution in [0.25, 0.3) is 0 Å². The quantitative estimate of drug-likeness (QED) is 0.759. The fraction of sp³-hybridized carbons (Fsp3) is 0.500. The first-order chi connectivity index (χ1) is 13.6. The lowest BCUT2D eigenvalue weighted by molar-refractivity contribution is -0.123. The number of nitrogens with one attached hydrogen (secondary N) is 1. The highest BCUT2D eigenvalue weighted by Gasteiger charge is 2.27. The Morgan fingerprint density at radius 1 is 1.32 bits per heavy atom. The number of benzene rings is 1. The average Bonchev–Trinajstić information content (AvgIpc) is 3.33. The molecule has 1 aromatic heterocycles. The van der Waals surface area contributed by atoms with Crippen molar-refractivity contribution in [3.8, 4) is 5.75 Å². The Morgan fingerprint density at radius 2 is 2.14 bits per heavy atom. The first-order valence-corrected chi connectivity index (χ1v) is 10.4. The minimum atomic E-state index is -0.230. The largest absolute Gasteiger partial charge is 0.482 e. The lowest BCUT2D eigenvalue weighted by Gasteiger charge is -2.18. The van der Waals surface area contributed by atoms with E-state index in [2.05, 4.69) is 10.00 Å². The molecular weight excluding hydrogens is 401 g/mol. The van der Waals surface area contributed by atoms with E-state index in [0.29, 0.717) is 35.0 Å². The molecule has 1 fully saturated rings. The molecule has 0 bridgehead atoms. The maximum absolute atomic E-state index is 12.2. The minimum Gasteiger partial charge on any atom is -0.482 e. The number of nitrogens with zero attached hydrogens (tertiary/aromatic N) is 2. The fourth-order valence-electron chi connectivity index (χ4n) is 3.89. The lowest BCUT2D eigenvalue weighted by atomic mass is 10.1. The van der Waals surface area contributed by atoms with Crippen molar-refractivity contribution in [2.45, 2.75) is 51.3 Å². The maximum Gasteiger partial charge on any atom is 0.258 e. The average molecular weight is 424 g/mol. The number of fused-ring (bicyclic) bond motifs is 1. The molecular formula is C20H23Cl2N3O3. The van der Waals surface area contributed by atoms with Crippen LogP contribution in [-0.2, 0) is 29.1 Å². The molecule has 2 aliphatic rings. The normalized spacial score (nSPS) is 16.8. The standard InChI is InChI=1S/C20H23Cl2N3O3/c21-13-5-6-19(16(22)9-13)28-12-20(26)23-10-17-15-11-27-8-7-18(15)25(24-17)14-3-1-2-4-14/h5-6,9,14H,1-4,7-8,10-12H2,(H,23,26). The number of amides is 1. The van der Waals surface area contributed by atoms with Crippen LogP contribution in [0.2, 0.25) is 10.0 Å². The number of halogens is 2. The summed E-state index contributed by atoms with van der Waals surface area (Å²) in [7, 11) is 0. The van der Waals surface area contributed by atoms with E-state index < -0.39 is 0 Å². The third-order valence-electron chi connectivity index (χ3n) is 5.31. The lowest BCUT2D eigenvalue weighted by Crippen LogP contribution is -2.29. The number of rotatable bonds is 6. The SMILES string of the molecule is O=C(COc1ccc(Cl)cc1Cl)NCc1nn(C2CCCC2)c2c1COCC2. The van der Waals surface area contributed by atoms with E-state index in [0.717, 1.165) is 24.3 Å². The van der Waals surface area contributed by atoms with E-state index in [1.54, 1.807) is 18.2 Å². The first kappa shape index (κ1) is 19.6. The van der Waals surface area contributed by atoms with E-state index in [1.807, 2.05) is 0 Å². The molecule has 1 aromatic carbocycles. The van der Waals surface area contributed by atoms with Crippen molar-refractivity contribution >= 4 is 29.1 Å². The first-order valence-electron chi connectivity index (χ1n) is 9.63. The molecule has 0 unspecified atom stereocenters. The highest BCUT2D eigenvalue weighted by Crippen LogP contribution is 2.33. The summed E-state index contributed by atoms with van der Waals surface area (Å²) in [6.45, 7) is 1.53. The Morgan fingerprint density at radius 3 is 2.93 bits per heavy atom. The molecule has 28 heavy (non-hydrogen) atoms. The summed E-state index contributed by atoms with van der Waals surface area (Å²) < 4.78 is 13.3. The third kappa shape index (κ3) is 4.29. The predicted molar refractivity (Wildman–Crippen MR) is 107 cm³/mol. The molecule has 1 aliphatic heterocycles. The Kier molecular flexibility index (Phi) is 6.09. The third-order valence-corrected chi connectivity index (χ3v) is 5.84.